The number of nitrogens with one attached hydrogen (secondary N) is 1. The fraction of sp³-hybridized carbons (Fsp3) is 0.118. The Morgan fingerprint density at radius 2 is 1.76 bits per heavy atom. The molecule has 1 amide bonds. The average Bonchev–Trinajstić information content (AvgIpc) is 3.09. The molecule has 0 bridgehead atoms. The van der Waals surface area contributed by atoms with E-state index in [1.54, 1.807) is 49.6 Å². The summed E-state index contributed by atoms with van der Waals surface area (Å²) in [5.41, 5.74) is 1.47. The van der Waals surface area contributed by atoms with Gasteiger partial charge in [0.15, 0.2) is 17.2 Å². The number of amides is 1. The molecule has 0 unspecified atom stereocenters. The van der Waals surface area contributed by atoms with Gasteiger partial charge in [-0.05, 0) is 52.8 Å². The van der Waals surface area contributed by atoms with Crippen LogP contribution in [0.1, 0.15) is 10.4 Å². The Balaban J connectivity index is 1.88. The minimum atomic E-state index is -0.353. The molecule has 0 fully saturated rings. The number of ether oxygens (including phenoxy) is 2. The van der Waals surface area contributed by atoms with E-state index in [1.807, 2.05) is 0 Å². The molecule has 3 aromatic rings. The Kier molecular flexibility index (Phi) is 4.85. The summed E-state index contributed by atoms with van der Waals surface area (Å²) < 4.78 is 15.3. The van der Waals surface area contributed by atoms with E-state index < -0.39 is 0 Å². The third-order valence-electron chi connectivity index (χ3n) is 3.48. The summed E-state index contributed by atoms with van der Waals surface area (Å²) in [6, 6.07) is 11.7. The summed E-state index contributed by atoms with van der Waals surface area (Å²) >= 11 is 5.83. The van der Waals surface area contributed by atoms with Crippen LogP contribution in [0, 0.1) is 0 Å². The Morgan fingerprint density at radius 3 is 2.44 bits per heavy atom. The molecule has 0 aliphatic heterocycles. The highest BCUT2D eigenvalue weighted by atomic mass is 35.5. The Morgan fingerprint density at radius 1 is 1.04 bits per heavy atom. The van der Waals surface area contributed by atoms with E-state index in [-0.39, 0.29) is 11.7 Å². The van der Waals surface area contributed by atoms with Crippen LogP contribution in [-0.2, 0) is 0 Å². The van der Waals surface area contributed by atoms with Gasteiger partial charge >= 0.3 is 0 Å². The third kappa shape index (κ3) is 3.56. The number of anilines is 1. The fourth-order valence-electron chi connectivity index (χ4n) is 2.22. The standard InChI is InChI=1S/C17H14ClN3O4/c1-23-13-8-5-11(9-14(13)24-2)15-16(21-25-20-15)19-17(22)10-3-6-12(18)7-4-10/h3-9H,1-2H3,(H,19,21,22). The fourth-order valence-corrected chi connectivity index (χ4v) is 2.35. The number of hydrogen-bond acceptors (Lipinski definition) is 6. The zero-order chi connectivity index (χ0) is 17.8. The largest absolute Gasteiger partial charge is 0.493 e. The van der Waals surface area contributed by atoms with E-state index in [4.69, 9.17) is 25.7 Å². The van der Waals surface area contributed by atoms with Crippen LogP contribution in [0.15, 0.2) is 47.1 Å². The topological polar surface area (TPSA) is 86.5 Å². The first-order valence-corrected chi connectivity index (χ1v) is 7.62. The molecule has 0 aliphatic rings. The highest BCUT2D eigenvalue weighted by molar-refractivity contribution is 6.30. The molecule has 3 rings (SSSR count). The first-order valence-electron chi connectivity index (χ1n) is 7.24. The van der Waals surface area contributed by atoms with Crippen molar-refractivity contribution in [1.29, 1.82) is 0 Å². The number of methoxy groups -OCH3 is 2. The Bertz CT molecular complexity index is 893. The van der Waals surface area contributed by atoms with Crippen molar-refractivity contribution in [3.05, 3.63) is 53.1 Å². The van der Waals surface area contributed by atoms with Crippen molar-refractivity contribution in [2.75, 3.05) is 19.5 Å². The second-order valence-electron chi connectivity index (χ2n) is 4.99. The van der Waals surface area contributed by atoms with Crippen molar-refractivity contribution >= 4 is 23.3 Å². The van der Waals surface area contributed by atoms with Crippen molar-refractivity contribution in [1.82, 2.24) is 10.3 Å². The summed E-state index contributed by atoms with van der Waals surface area (Å²) in [7, 11) is 3.08. The van der Waals surface area contributed by atoms with Crippen molar-refractivity contribution in [3.8, 4) is 22.8 Å². The number of hydrogen-bond donors (Lipinski definition) is 1. The molecule has 25 heavy (non-hydrogen) atoms. The SMILES string of the molecule is COc1ccc(-c2nonc2NC(=O)c2ccc(Cl)cc2)cc1OC. The number of carbonyl (C=O) groups is 1. The van der Waals surface area contributed by atoms with Crippen LogP contribution >= 0.6 is 11.6 Å². The van der Waals surface area contributed by atoms with Gasteiger partial charge in [-0.15, -0.1) is 0 Å². The highest BCUT2D eigenvalue weighted by Crippen LogP contribution is 2.33. The third-order valence-corrected chi connectivity index (χ3v) is 3.74. The molecule has 0 spiro atoms. The van der Waals surface area contributed by atoms with Crippen molar-refractivity contribution in [2.45, 2.75) is 0 Å². The molecular formula is C17H14ClN3O4. The van der Waals surface area contributed by atoms with Gasteiger partial charge in [0.25, 0.3) is 5.91 Å². The van der Waals surface area contributed by atoms with Gasteiger partial charge in [0, 0.05) is 16.1 Å². The summed E-state index contributed by atoms with van der Waals surface area (Å²) in [5, 5.41) is 10.8. The summed E-state index contributed by atoms with van der Waals surface area (Å²) in [5.74, 6) is 0.952. The molecule has 1 aromatic heterocycles. The van der Waals surface area contributed by atoms with Crippen molar-refractivity contribution in [2.24, 2.45) is 0 Å². The molecule has 128 valence electrons. The Hall–Kier alpha value is -3.06. The molecule has 8 heteroatoms. The van der Waals surface area contributed by atoms with Gasteiger partial charge in [-0.2, -0.15) is 0 Å². The first kappa shape index (κ1) is 16.8. The van der Waals surface area contributed by atoms with Gasteiger partial charge in [-0.1, -0.05) is 11.6 Å². The van der Waals surface area contributed by atoms with Crippen LogP contribution in [0.4, 0.5) is 5.82 Å². The molecule has 0 saturated heterocycles. The lowest BCUT2D eigenvalue weighted by Crippen LogP contribution is -2.12. The number of aromatic nitrogens is 2. The maximum Gasteiger partial charge on any atom is 0.256 e. The molecular weight excluding hydrogens is 346 g/mol. The number of rotatable bonds is 5. The lowest BCUT2D eigenvalue weighted by atomic mass is 10.1. The quantitative estimate of drug-likeness (QED) is 0.748. The second-order valence-corrected chi connectivity index (χ2v) is 5.43. The second kappa shape index (κ2) is 7.23. The van der Waals surface area contributed by atoms with Crippen LogP contribution < -0.4 is 14.8 Å². The molecule has 0 radical (unpaired) electrons. The number of benzene rings is 2. The van der Waals surface area contributed by atoms with Crippen LogP contribution in [0.3, 0.4) is 0 Å². The number of halogens is 1. The minimum absolute atomic E-state index is 0.201. The molecule has 1 N–H and O–H groups in total. The molecule has 2 aromatic carbocycles. The van der Waals surface area contributed by atoms with Gasteiger partial charge < -0.3 is 14.8 Å². The lowest BCUT2D eigenvalue weighted by molar-refractivity contribution is 0.102. The predicted octanol–water partition coefficient (Wildman–Crippen LogP) is 3.66. The zero-order valence-corrected chi connectivity index (χ0v) is 14.2. The molecule has 0 atom stereocenters. The van der Waals surface area contributed by atoms with Gasteiger partial charge in [-0.25, -0.2) is 4.63 Å². The van der Waals surface area contributed by atoms with E-state index in [9.17, 15) is 4.79 Å². The van der Waals surface area contributed by atoms with E-state index >= 15 is 0 Å². The first-order chi connectivity index (χ1) is 12.1. The normalized spacial score (nSPS) is 10.4. The van der Waals surface area contributed by atoms with E-state index in [2.05, 4.69) is 15.6 Å². The maximum absolute atomic E-state index is 12.3. The minimum Gasteiger partial charge on any atom is -0.493 e. The molecule has 0 aliphatic carbocycles. The molecule has 0 saturated carbocycles. The van der Waals surface area contributed by atoms with Crippen molar-refractivity contribution < 1.29 is 18.9 Å². The highest BCUT2D eigenvalue weighted by Gasteiger charge is 2.17. The van der Waals surface area contributed by atoms with Crippen LogP contribution in [-0.4, -0.2) is 30.4 Å². The van der Waals surface area contributed by atoms with Gasteiger partial charge in [-0.3, -0.25) is 4.79 Å². The van der Waals surface area contributed by atoms with Crippen LogP contribution in [0.5, 0.6) is 11.5 Å². The monoisotopic (exact) mass is 359 g/mol. The van der Waals surface area contributed by atoms with E-state index in [0.29, 0.717) is 33.3 Å². The Labute approximate surface area is 148 Å². The van der Waals surface area contributed by atoms with Crippen molar-refractivity contribution in [3.63, 3.8) is 0 Å². The summed E-state index contributed by atoms with van der Waals surface area (Å²) in [6.07, 6.45) is 0. The number of carbonyl (C=O) groups excluding carboxylic acids is 1. The van der Waals surface area contributed by atoms with Gasteiger partial charge in [0.05, 0.1) is 14.2 Å². The van der Waals surface area contributed by atoms with Gasteiger partial charge in [0.2, 0.25) is 5.82 Å². The summed E-state index contributed by atoms with van der Waals surface area (Å²) in [6.45, 7) is 0. The number of nitrogens with zero attached hydrogens (tertiary/aromatic N) is 2. The van der Waals surface area contributed by atoms with E-state index in [1.165, 1.54) is 7.11 Å². The molecule has 7 nitrogen and oxygen atoms in total. The smallest absolute Gasteiger partial charge is 0.256 e. The van der Waals surface area contributed by atoms with E-state index in [0.717, 1.165) is 0 Å². The van der Waals surface area contributed by atoms with Crippen LogP contribution in [0.25, 0.3) is 11.3 Å². The summed E-state index contributed by atoms with van der Waals surface area (Å²) in [4.78, 5) is 12.3. The maximum atomic E-state index is 12.3. The van der Waals surface area contributed by atoms with Gasteiger partial charge in [0.1, 0.15) is 0 Å². The average molecular weight is 360 g/mol. The van der Waals surface area contributed by atoms with Crippen LogP contribution in [0.2, 0.25) is 5.02 Å². The predicted molar refractivity (Wildman–Crippen MR) is 92.2 cm³/mol. The zero-order valence-electron chi connectivity index (χ0n) is 13.4. The molecule has 1 heterocycles. The lowest BCUT2D eigenvalue weighted by Gasteiger charge is -2.09.